The van der Waals surface area contributed by atoms with Crippen LogP contribution < -0.4 is 15.6 Å². The second-order valence-corrected chi connectivity index (χ2v) is 6.04. The number of para-hydroxylation sites is 1. The van der Waals surface area contributed by atoms with Gasteiger partial charge in [0, 0.05) is 17.3 Å². The topological polar surface area (TPSA) is 102 Å². The minimum absolute atomic E-state index is 0.147. The molecule has 0 aliphatic heterocycles. The second kappa shape index (κ2) is 7.86. The first-order chi connectivity index (χ1) is 13.0. The van der Waals surface area contributed by atoms with Gasteiger partial charge in [-0.05, 0) is 32.4 Å². The predicted molar refractivity (Wildman–Crippen MR) is 101 cm³/mol. The average Bonchev–Trinajstić information content (AvgIpc) is 3.01. The van der Waals surface area contributed by atoms with Crippen LogP contribution in [0.2, 0.25) is 0 Å². The molecule has 0 radical (unpaired) electrons. The van der Waals surface area contributed by atoms with Gasteiger partial charge in [-0.1, -0.05) is 25.1 Å². The van der Waals surface area contributed by atoms with Crippen molar-refractivity contribution in [2.24, 2.45) is 0 Å². The number of rotatable bonds is 6. The van der Waals surface area contributed by atoms with E-state index in [9.17, 15) is 9.59 Å². The lowest BCUT2D eigenvalue weighted by atomic mass is 10.2. The van der Waals surface area contributed by atoms with Crippen LogP contribution in [0.1, 0.15) is 23.9 Å². The van der Waals surface area contributed by atoms with Gasteiger partial charge in [-0.2, -0.15) is 9.78 Å². The van der Waals surface area contributed by atoms with E-state index >= 15 is 0 Å². The lowest BCUT2D eigenvalue weighted by molar-refractivity contribution is -0.118. The monoisotopic (exact) mass is 367 g/mol. The molecule has 2 aromatic heterocycles. The molecule has 0 spiro atoms. The Morgan fingerprint density at radius 2 is 2.00 bits per heavy atom. The van der Waals surface area contributed by atoms with Crippen molar-refractivity contribution < 1.29 is 9.53 Å². The number of aromatic amines is 1. The molecule has 1 aromatic carbocycles. The van der Waals surface area contributed by atoms with Gasteiger partial charge >= 0.3 is 0 Å². The van der Waals surface area contributed by atoms with Crippen LogP contribution in [0.15, 0.2) is 41.2 Å². The summed E-state index contributed by atoms with van der Waals surface area (Å²) in [6.07, 6.45) is 0.590. The van der Waals surface area contributed by atoms with E-state index in [1.165, 1.54) is 4.68 Å². The SMILES string of the molecule is CCc1c(C)nc(-n2nc(C)cc2NC(=O)COc2ccccc2)[nH]c1=O. The molecule has 2 heterocycles. The van der Waals surface area contributed by atoms with Gasteiger partial charge in [0.2, 0.25) is 5.95 Å². The molecule has 0 atom stereocenters. The Morgan fingerprint density at radius 3 is 2.67 bits per heavy atom. The summed E-state index contributed by atoms with van der Waals surface area (Å²) in [4.78, 5) is 31.6. The normalized spacial score (nSPS) is 10.6. The number of carbonyl (C=O) groups excluding carboxylic acids is 1. The fourth-order valence-electron chi connectivity index (χ4n) is 2.71. The molecule has 0 bridgehead atoms. The van der Waals surface area contributed by atoms with Crippen molar-refractivity contribution in [1.82, 2.24) is 19.7 Å². The number of amides is 1. The zero-order chi connectivity index (χ0) is 19.4. The predicted octanol–water partition coefficient (Wildman–Crippen LogP) is 2.15. The number of carbonyl (C=O) groups is 1. The molecule has 0 fully saturated rings. The van der Waals surface area contributed by atoms with Crippen molar-refractivity contribution >= 4 is 11.7 Å². The number of hydrogen-bond donors (Lipinski definition) is 2. The van der Waals surface area contributed by atoms with Crippen LogP contribution in [-0.2, 0) is 11.2 Å². The smallest absolute Gasteiger partial charge is 0.263 e. The fraction of sp³-hybridized carbons (Fsp3) is 0.263. The van der Waals surface area contributed by atoms with Crippen LogP contribution in [0, 0.1) is 13.8 Å². The van der Waals surface area contributed by atoms with Crippen molar-refractivity contribution in [3.05, 3.63) is 63.7 Å². The fourth-order valence-corrected chi connectivity index (χ4v) is 2.71. The molecular weight excluding hydrogens is 346 g/mol. The Kier molecular flexibility index (Phi) is 5.35. The molecule has 0 saturated heterocycles. The zero-order valence-electron chi connectivity index (χ0n) is 15.4. The van der Waals surface area contributed by atoms with E-state index in [4.69, 9.17) is 4.74 Å². The van der Waals surface area contributed by atoms with Gasteiger partial charge in [0.1, 0.15) is 11.6 Å². The first-order valence-electron chi connectivity index (χ1n) is 8.62. The molecule has 0 aliphatic rings. The van der Waals surface area contributed by atoms with Crippen molar-refractivity contribution in [1.29, 1.82) is 0 Å². The minimum atomic E-state index is -0.343. The van der Waals surface area contributed by atoms with E-state index in [0.717, 1.165) is 0 Å². The highest BCUT2D eigenvalue weighted by molar-refractivity contribution is 5.91. The Bertz CT molecular complexity index is 1010. The molecule has 2 N–H and O–H groups in total. The summed E-state index contributed by atoms with van der Waals surface area (Å²) in [6, 6.07) is 10.8. The standard InChI is InChI=1S/C19H21N5O3/c1-4-15-13(3)20-19(22-18(15)26)24-16(10-12(2)23-24)21-17(25)11-27-14-8-6-5-7-9-14/h5-10H,4,11H2,1-3H3,(H,21,25)(H,20,22,26). The number of anilines is 1. The van der Waals surface area contributed by atoms with Gasteiger partial charge in [-0.3, -0.25) is 14.6 Å². The van der Waals surface area contributed by atoms with Crippen molar-refractivity contribution in [2.75, 3.05) is 11.9 Å². The summed E-state index contributed by atoms with van der Waals surface area (Å²) in [5.74, 6) is 0.918. The first-order valence-corrected chi connectivity index (χ1v) is 8.62. The summed E-state index contributed by atoms with van der Waals surface area (Å²) in [6.45, 7) is 5.32. The highest BCUT2D eigenvalue weighted by atomic mass is 16.5. The third kappa shape index (κ3) is 4.22. The summed E-state index contributed by atoms with van der Waals surface area (Å²) in [5, 5.41) is 7.06. The number of ether oxygens (including phenoxy) is 1. The van der Waals surface area contributed by atoms with Crippen LogP contribution in [0.25, 0.3) is 5.95 Å². The van der Waals surface area contributed by atoms with Gasteiger partial charge in [-0.15, -0.1) is 0 Å². The lowest BCUT2D eigenvalue weighted by Gasteiger charge is -2.10. The highest BCUT2D eigenvalue weighted by Crippen LogP contribution is 2.15. The van der Waals surface area contributed by atoms with Crippen molar-refractivity contribution in [3.8, 4) is 11.7 Å². The number of hydrogen-bond acceptors (Lipinski definition) is 5. The van der Waals surface area contributed by atoms with E-state index < -0.39 is 0 Å². The molecule has 8 nitrogen and oxygen atoms in total. The maximum atomic E-state index is 12.2. The Hall–Kier alpha value is -3.42. The maximum Gasteiger partial charge on any atom is 0.263 e. The van der Waals surface area contributed by atoms with Gasteiger partial charge in [-0.25, -0.2) is 4.98 Å². The number of aryl methyl sites for hydroxylation is 2. The number of nitrogens with zero attached hydrogens (tertiary/aromatic N) is 3. The molecule has 3 aromatic rings. The second-order valence-electron chi connectivity index (χ2n) is 6.04. The van der Waals surface area contributed by atoms with Crippen LogP contribution >= 0.6 is 0 Å². The van der Waals surface area contributed by atoms with E-state index in [2.05, 4.69) is 20.4 Å². The average molecular weight is 367 g/mol. The first kappa shape index (κ1) is 18.4. The third-order valence-corrected chi connectivity index (χ3v) is 3.98. The van der Waals surface area contributed by atoms with Crippen LogP contribution in [-0.4, -0.2) is 32.3 Å². The highest BCUT2D eigenvalue weighted by Gasteiger charge is 2.15. The van der Waals surface area contributed by atoms with Crippen LogP contribution in [0.5, 0.6) is 5.75 Å². The van der Waals surface area contributed by atoms with Crippen LogP contribution in [0.3, 0.4) is 0 Å². The maximum absolute atomic E-state index is 12.2. The summed E-state index contributed by atoms with van der Waals surface area (Å²) in [7, 11) is 0. The lowest BCUT2D eigenvalue weighted by Crippen LogP contribution is -2.24. The third-order valence-electron chi connectivity index (χ3n) is 3.98. The van der Waals surface area contributed by atoms with Gasteiger partial charge in [0.25, 0.3) is 11.5 Å². The van der Waals surface area contributed by atoms with E-state index in [-0.39, 0.29) is 24.0 Å². The molecule has 140 valence electrons. The Morgan fingerprint density at radius 1 is 1.26 bits per heavy atom. The quantitative estimate of drug-likeness (QED) is 0.695. The van der Waals surface area contributed by atoms with E-state index in [1.807, 2.05) is 25.1 Å². The summed E-state index contributed by atoms with van der Waals surface area (Å²) in [5.41, 5.74) is 1.73. The Labute approximate surface area is 156 Å². The number of nitrogens with one attached hydrogen (secondary N) is 2. The molecular formula is C19H21N5O3. The van der Waals surface area contributed by atoms with Gasteiger partial charge < -0.3 is 10.1 Å². The number of H-pyrrole nitrogens is 1. The van der Waals surface area contributed by atoms with E-state index in [1.54, 1.807) is 32.0 Å². The summed E-state index contributed by atoms with van der Waals surface area (Å²) < 4.78 is 6.85. The molecule has 0 aliphatic carbocycles. The van der Waals surface area contributed by atoms with Gasteiger partial charge in [0.05, 0.1) is 5.69 Å². The molecule has 3 rings (SSSR count). The Balaban J connectivity index is 1.80. The summed E-state index contributed by atoms with van der Waals surface area (Å²) >= 11 is 0. The molecule has 0 saturated carbocycles. The van der Waals surface area contributed by atoms with Crippen molar-refractivity contribution in [3.63, 3.8) is 0 Å². The number of aromatic nitrogens is 4. The molecule has 0 unspecified atom stereocenters. The number of benzene rings is 1. The molecule has 1 amide bonds. The van der Waals surface area contributed by atoms with E-state index in [0.29, 0.717) is 34.9 Å². The largest absolute Gasteiger partial charge is 0.484 e. The van der Waals surface area contributed by atoms with Gasteiger partial charge in [0.15, 0.2) is 6.61 Å². The molecule has 27 heavy (non-hydrogen) atoms. The zero-order valence-corrected chi connectivity index (χ0v) is 15.4. The van der Waals surface area contributed by atoms with Crippen molar-refractivity contribution in [2.45, 2.75) is 27.2 Å². The van der Waals surface area contributed by atoms with Crippen LogP contribution in [0.4, 0.5) is 5.82 Å². The molecule has 8 heteroatoms. The minimum Gasteiger partial charge on any atom is -0.484 e.